The molecule has 0 spiro atoms. The van der Waals surface area contributed by atoms with Crippen LogP contribution in [0.5, 0.6) is 0 Å². The third-order valence-electron chi connectivity index (χ3n) is 5.96. The number of aryl methyl sites for hydroxylation is 1. The Hall–Kier alpha value is -2.70. The number of pyridine rings is 1. The number of halogens is 2. The van der Waals surface area contributed by atoms with Crippen molar-refractivity contribution in [3.05, 3.63) is 86.5 Å². The first-order valence-electron chi connectivity index (χ1n) is 12.1. The summed E-state index contributed by atoms with van der Waals surface area (Å²) in [5, 5.41) is -0.0207. The molecule has 0 aliphatic rings. The quantitative estimate of drug-likeness (QED) is 0.267. The van der Waals surface area contributed by atoms with Crippen LogP contribution in [0.3, 0.4) is 0 Å². The standard InChI is InChI=1S/C27H31ClFN3O5S2/c1-7-39(36,37)31-24-13-20(21(12-23(24)28)26(34)17-8-10-18(29)11-9-17)22-15-32(6)25(33)14-19(22)16(2)30-38(35)27(3,4)5/h8-16,30-31H,7H2,1-6H3/t16-,38?/m0/s1. The van der Waals surface area contributed by atoms with Gasteiger partial charge in [-0.15, -0.1) is 4.72 Å². The molecule has 0 aliphatic heterocycles. The fourth-order valence-electron chi connectivity index (χ4n) is 3.69. The SMILES string of the molecule is CCS(=O)(=O)Nc1cc(-c2cn(C)c(=O)cc2[C@H](C)N[S+]([O-])C(C)(C)C)c(C(=O)c2ccc(F)cc2)cc1Cl. The van der Waals surface area contributed by atoms with Crippen LogP contribution < -0.4 is 15.0 Å². The molecule has 3 aromatic rings. The second-order valence-electron chi connectivity index (χ2n) is 10.0. The third kappa shape index (κ3) is 7.29. The van der Waals surface area contributed by atoms with Crippen molar-refractivity contribution in [2.24, 2.45) is 7.05 Å². The fourth-order valence-corrected chi connectivity index (χ4v) is 5.40. The molecular weight excluding hydrogens is 565 g/mol. The van der Waals surface area contributed by atoms with Gasteiger partial charge in [0.1, 0.15) is 10.6 Å². The Bertz CT molecular complexity index is 1550. The number of rotatable bonds is 9. The van der Waals surface area contributed by atoms with Crippen molar-refractivity contribution < 1.29 is 22.2 Å². The van der Waals surface area contributed by atoms with Crippen molar-refractivity contribution in [1.82, 2.24) is 9.29 Å². The summed E-state index contributed by atoms with van der Waals surface area (Å²) in [4.78, 5) is 26.3. The molecule has 39 heavy (non-hydrogen) atoms. The average Bonchev–Trinajstić information content (AvgIpc) is 2.85. The Labute approximate surface area is 236 Å². The molecule has 0 bridgehead atoms. The Morgan fingerprint density at radius 3 is 2.33 bits per heavy atom. The lowest BCUT2D eigenvalue weighted by Crippen LogP contribution is -2.41. The van der Waals surface area contributed by atoms with E-state index in [1.54, 1.807) is 34.7 Å². The molecule has 0 radical (unpaired) electrons. The molecule has 3 rings (SSSR count). The minimum atomic E-state index is -3.73. The first-order valence-corrected chi connectivity index (χ1v) is 15.3. The predicted octanol–water partition coefficient (Wildman–Crippen LogP) is 4.95. The number of nitrogens with one attached hydrogen (secondary N) is 2. The fraction of sp³-hybridized carbons (Fsp3) is 0.333. The number of ketones is 1. The number of benzene rings is 2. The number of nitrogens with zero attached hydrogens (tertiary/aromatic N) is 1. The molecule has 0 saturated carbocycles. The van der Waals surface area contributed by atoms with Gasteiger partial charge >= 0.3 is 0 Å². The van der Waals surface area contributed by atoms with E-state index in [0.717, 1.165) is 12.1 Å². The zero-order chi connectivity index (χ0) is 29.3. The van der Waals surface area contributed by atoms with Crippen LogP contribution in [0.15, 0.2) is 53.5 Å². The lowest BCUT2D eigenvalue weighted by molar-refractivity contribution is 0.103. The molecule has 0 aliphatic carbocycles. The number of anilines is 1. The highest BCUT2D eigenvalue weighted by atomic mass is 35.5. The van der Waals surface area contributed by atoms with Crippen LogP contribution in [0.4, 0.5) is 10.1 Å². The summed E-state index contributed by atoms with van der Waals surface area (Å²) in [5.74, 6) is -1.21. The maximum atomic E-state index is 13.6. The Morgan fingerprint density at radius 2 is 1.77 bits per heavy atom. The molecule has 0 amide bonds. The number of hydrogen-bond donors (Lipinski definition) is 2. The third-order valence-corrected chi connectivity index (χ3v) is 9.24. The lowest BCUT2D eigenvalue weighted by Gasteiger charge is -2.27. The van der Waals surface area contributed by atoms with E-state index in [-0.39, 0.29) is 38.7 Å². The molecule has 0 saturated heterocycles. The van der Waals surface area contributed by atoms with Crippen molar-refractivity contribution in [3.8, 4) is 11.1 Å². The molecule has 12 heteroatoms. The molecule has 2 aromatic carbocycles. The Morgan fingerprint density at radius 1 is 1.15 bits per heavy atom. The summed E-state index contributed by atoms with van der Waals surface area (Å²) in [6.45, 7) is 8.62. The zero-order valence-corrected chi connectivity index (χ0v) is 24.9. The maximum Gasteiger partial charge on any atom is 0.250 e. The molecule has 210 valence electrons. The van der Waals surface area contributed by atoms with Crippen LogP contribution in [0.2, 0.25) is 5.02 Å². The van der Waals surface area contributed by atoms with Crippen LogP contribution >= 0.6 is 11.6 Å². The second-order valence-corrected chi connectivity index (χ2v) is 14.4. The van der Waals surface area contributed by atoms with Crippen molar-refractivity contribution in [2.75, 3.05) is 10.5 Å². The summed E-state index contributed by atoms with van der Waals surface area (Å²) in [6.07, 6.45) is 1.53. The summed E-state index contributed by atoms with van der Waals surface area (Å²) < 4.78 is 57.3. The van der Waals surface area contributed by atoms with Gasteiger partial charge in [-0.2, -0.15) is 0 Å². The summed E-state index contributed by atoms with van der Waals surface area (Å²) >= 11 is 4.95. The maximum absolute atomic E-state index is 13.6. The normalized spacial score (nSPS) is 13.7. The topological polar surface area (TPSA) is 120 Å². The van der Waals surface area contributed by atoms with Gasteiger partial charge in [0.15, 0.2) is 5.78 Å². The summed E-state index contributed by atoms with van der Waals surface area (Å²) in [5.41, 5.74) is 1.14. The molecule has 8 nitrogen and oxygen atoms in total. The molecular formula is C27H31ClFN3O5S2. The molecule has 1 aromatic heterocycles. The molecule has 1 heterocycles. The van der Waals surface area contributed by atoms with Crippen molar-refractivity contribution in [1.29, 1.82) is 0 Å². The smallest absolute Gasteiger partial charge is 0.250 e. The van der Waals surface area contributed by atoms with E-state index in [2.05, 4.69) is 9.44 Å². The van der Waals surface area contributed by atoms with Gasteiger partial charge in [0, 0.05) is 47.4 Å². The molecule has 2 N–H and O–H groups in total. The van der Waals surface area contributed by atoms with E-state index in [4.69, 9.17) is 11.6 Å². The number of aromatic nitrogens is 1. The van der Waals surface area contributed by atoms with Gasteiger partial charge in [-0.1, -0.05) is 11.6 Å². The second kappa shape index (κ2) is 11.8. The van der Waals surface area contributed by atoms with Crippen molar-refractivity contribution >= 4 is 44.5 Å². The molecule has 0 fully saturated rings. The zero-order valence-electron chi connectivity index (χ0n) is 22.5. The van der Waals surface area contributed by atoms with Gasteiger partial charge < -0.3 is 9.12 Å². The van der Waals surface area contributed by atoms with Crippen molar-refractivity contribution in [3.63, 3.8) is 0 Å². The van der Waals surface area contributed by atoms with Gasteiger partial charge in [-0.05, 0) is 82.1 Å². The highest BCUT2D eigenvalue weighted by Crippen LogP contribution is 2.37. The minimum absolute atomic E-state index is 0.0207. The summed E-state index contributed by atoms with van der Waals surface area (Å²) in [6, 6.07) is 8.54. The van der Waals surface area contributed by atoms with Gasteiger partial charge in [-0.3, -0.25) is 14.3 Å². The first kappa shape index (κ1) is 30.8. The van der Waals surface area contributed by atoms with E-state index >= 15 is 0 Å². The van der Waals surface area contributed by atoms with Crippen LogP contribution in [0.1, 0.15) is 62.1 Å². The first-order chi connectivity index (χ1) is 18.0. The van der Waals surface area contributed by atoms with E-state index in [0.29, 0.717) is 11.1 Å². The monoisotopic (exact) mass is 595 g/mol. The number of hydrogen-bond acceptors (Lipinski definition) is 6. The van der Waals surface area contributed by atoms with E-state index < -0.39 is 43.8 Å². The predicted molar refractivity (Wildman–Crippen MR) is 154 cm³/mol. The molecule has 2 atom stereocenters. The lowest BCUT2D eigenvalue weighted by atomic mass is 9.90. The van der Waals surface area contributed by atoms with Crippen molar-refractivity contribution in [2.45, 2.75) is 45.4 Å². The van der Waals surface area contributed by atoms with Gasteiger partial charge in [0.2, 0.25) is 10.0 Å². The Balaban J connectivity index is 2.32. The van der Waals surface area contributed by atoms with Crippen LogP contribution in [0, 0.1) is 5.82 Å². The van der Waals surface area contributed by atoms with Crippen LogP contribution in [0.25, 0.3) is 11.1 Å². The minimum Gasteiger partial charge on any atom is -0.598 e. The number of carbonyl (C=O) groups is 1. The van der Waals surface area contributed by atoms with E-state index in [1.165, 1.54) is 48.0 Å². The van der Waals surface area contributed by atoms with E-state index in [1.807, 2.05) is 0 Å². The highest BCUT2D eigenvalue weighted by Gasteiger charge is 2.30. The number of carbonyl (C=O) groups excluding carboxylic acids is 1. The van der Waals surface area contributed by atoms with Gasteiger partial charge in [-0.25, -0.2) is 12.8 Å². The largest absolute Gasteiger partial charge is 0.598 e. The number of sulfonamides is 1. The van der Waals surface area contributed by atoms with Crippen LogP contribution in [-0.2, 0) is 28.4 Å². The average molecular weight is 596 g/mol. The Kier molecular flexibility index (Phi) is 9.34. The van der Waals surface area contributed by atoms with Gasteiger partial charge in [0.05, 0.1) is 22.5 Å². The van der Waals surface area contributed by atoms with Crippen LogP contribution in [-0.4, -0.2) is 33.8 Å². The van der Waals surface area contributed by atoms with E-state index in [9.17, 15) is 27.0 Å². The highest BCUT2D eigenvalue weighted by molar-refractivity contribution is 7.92. The van der Waals surface area contributed by atoms with Gasteiger partial charge in [0.25, 0.3) is 5.56 Å². The summed E-state index contributed by atoms with van der Waals surface area (Å²) in [7, 11) is -2.19. The molecule has 1 unspecified atom stereocenters.